The number of nitrogens with zero attached hydrogens (tertiary/aromatic N) is 15. The third kappa shape index (κ3) is 10.3. The van der Waals surface area contributed by atoms with Crippen LogP contribution >= 0.6 is 0 Å². The highest BCUT2D eigenvalue weighted by atomic mass is 19.4. The molecular weight excluding hydrogens is 1240 g/mol. The SMILES string of the molecule is [C-]#[N+]c1cc(C#N)c(-c2ccc3c(c2)c2cc(-c4c(C#N)cc(C#N)cc4[N+]#[C-])ccc2n3-c2ccc(-c3cc(C)cc(C(F)(F)F)c3)cc2-c2cc(-n3c4ccc(-c5c(C#N)cc(C#N)cc5[N+]#[C-])cc4c4cc(-c5c([N+]#[C-])cc(C#N)cc5[N+]#[C-])ccc43)ccc2[N+]#[C-])c([N+]#[C-])c1. The summed E-state index contributed by atoms with van der Waals surface area (Å²) in [6.45, 7) is 59.0. The summed E-state index contributed by atoms with van der Waals surface area (Å²) in [5, 5.41) is 63.4. The van der Waals surface area contributed by atoms with E-state index in [-0.39, 0.29) is 101 Å². The van der Waals surface area contributed by atoms with Crippen LogP contribution in [0.5, 0.6) is 0 Å². The lowest BCUT2D eigenvalue weighted by atomic mass is 9.93. The number of halogens is 3. The highest BCUT2D eigenvalue weighted by Crippen LogP contribution is 2.50. The number of nitriles is 6. The molecule has 0 aliphatic heterocycles. The molecule has 452 valence electrons. The van der Waals surface area contributed by atoms with Gasteiger partial charge in [-0.1, -0.05) is 48.5 Å². The van der Waals surface area contributed by atoms with Crippen molar-refractivity contribution in [1.82, 2.24) is 9.13 Å². The lowest BCUT2D eigenvalue weighted by Crippen LogP contribution is -2.05. The molecule has 13 aromatic rings. The largest absolute Gasteiger partial charge is 0.416 e. The van der Waals surface area contributed by atoms with Crippen molar-refractivity contribution in [1.29, 1.82) is 31.6 Å². The van der Waals surface area contributed by atoms with Crippen LogP contribution in [0.25, 0.3) is 156 Å². The molecule has 0 aliphatic carbocycles. The predicted octanol–water partition coefficient (Wildman–Crippen LogP) is 22.3. The van der Waals surface area contributed by atoms with Crippen molar-refractivity contribution in [3.05, 3.63) is 300 Å². The van der Waals surface area contributed by atoms with Crippen molar-refractivity contribution in [2.45, 2.75) is 13.1 Å². The molecule has 0 spiro atoms. The minimum absolute atomic E-state index is 0.0245. The molecule has 0 unspecified atom stereocenters. The summed E-state index contributed by atoms with van der Waals surface area (Å²) in [7, 11) is 0. The number of fused-ring (bicyclic) bond motifs is 6. The third-order valence-electron chi connectivity index (χ3n) is 17.2. The number of hydrogen-bond donors (Lipinski definition) is 0. The van der Waals surface area contributed by atoms with Gasteiger partial charge in [-0.3, -0.25) is 0 Å². The summed E-state index contributed by atoms with van der Waals surface area (Å²) in [6.07, 6.45) is -4.73. The van der Waals surface area contributed by atoms with E-state index in [4.69, 9.17) is 46.0 Å². The van der Waals surface area contributed by atoms with Crippen LogP contribution in [-0.2, 0) is 6.18 Å². The first kappa shape index (κ1) is 62.0. The maximum Gasteiger partial charge on any atom is 0.416 e. The Kier molecular flexibility index (Phi) is 15.2. The average Bonchev–Trinajstić information content (AvgIpc) is 1.58. The van der Waals surface area contributed by atoms with Crippen LogP contribution in [0.2, 0.25) is 0 Å². The Morgan fingerprint density at radius 1 is 0.333 bits per heavy atom. The van der Waals surface area contributed by atoms with E-state index in [2.05, 4.69) is 52.1 Å². The number of hydrogen-bond acceptors (Lipinski definition) is 6. The maximum atomic E-state index is 14.8. The summed E-state index contributed by atoms with van der Waals surface area (Å²) in [5.74, 6) is 0. The first-order chi connectivity index (χ1) is 48.0. The maximum absolute atomic E-state index is 14.8. The number of alkyl halides is 3. The molecule has 13 rings (SSSR count). The van der Waals surface area contributed by atoms with Crippen LogP contribution in [-0.4, -0.2) is 9.13 Å². The van der Waals surface area contributed by atoms with Crippen molar-refractivity contribution in [3.8, 4) is 115 Å². The van der Waals surface area contributed by atoms with Crippen LogP contribution in [0.3, 0.4) is 0 Å². The zero-order valence-electron chi connectivity index (χ0n) is 51.1. The smallest absolute Gasteiger partial charge is 0.309 e. The van der Waals surface area contributed by atoms with E-state index < -0.39 is 11.7 Å². The van der Waals surface area contributed by atoms with Crippen LogP contribution in [0, 0.1) is 121 Å². The Labute approximate surface area is 562 Å². The average molecular weight is 1270 g/mol. The third-order valence-corrected chi connectivity index (χ3v) is 17.2. The number of rotatable bonds is 8. The zero-order valence-corrected chi connectivity index (χ0v) is 51.1. The standard InChI is InChI=1S/C81H32F3N15/c1-44-21-53(29-57(22-44)81(82,83)84)48-9-16-74(99-75-19-11-50(78-55(42-89)24-46(39-86)26-68(78)94-5)33-64(75)65-34-51(12-20-76(65)99)79-56(43-90)30-58(91-2)36-71(79)97-8)61(31-48)60-37-59(14-15-66(60)92-3)98-72-17-10-49(77-54(41-88)23-45(38-85)25-67(77)93-4)32-62(72)63-35-52(13-18-73(63)98)80-69(95-6)27-47(40-87)28-70(80)96-7/h9-37H,1H3. The Hall–Kier alpha value is -15.8. The van der Waals surface area contributed by atoms with Gasteiger partial charge in [0.05, 0.1) is 127 Å². The highest BCUT2D eigenvalue weighted by molar-refractivity contribution is 6.15. The fraction of sp³-hybridized carbons (Fsp3) is 0.0247. The second-order valence-corrected chi connectivity index (χ2v) is 22.7. The first-order valence-electron chi connectivity index (χ1n) is 29.4. The van der Waals surface area contributed by atoms with Gasteiger partial charge in [-0.25, -0.2) is 33.9 Å². The van der Waals surface area contributed by atoms with Crippen LogP contribution in [0.1, 0.15) is 44.5 Å². The van der Waals surface area contributed by atoms with E-state index in [1.165, 1.54) is 48.5 Å². The quantitative estimate of drug-likeness (QED) is 0.136. The summed E-state index contributed by atoms with van der Waals surface area (Å²) >= 11 is 0. The minimum atomic E-state index is -4.73. The lowest BCUT2D eigenvalue weighted by Gasteiger charge is -2.19. The van der Waals surface area contributed by atoms with E-state index in [0.717, 1.165) is 12.1 Å². The van der Waals surface area contributed by atoms with E-state index in [1.54, 1.807) is 122 Å². The molecule has 18 heteroatoms. The van der Waals surface area contributed by atoms with Gasteiger partial charge >= 0.3 is 6.18 Å². The van der Waals surface area contributed by atoms with E-state index in [0.29, 0.717) is 99.5 Å². The normalized spacial score (nSPS) is 10.7. The molecule has 0 N–H and O–H groups in total. The van der Waals surface area contributed by atoms with E-state index in [1.807, 2.05) is 27.3 Å². The van der Waals surface area contributed by atoms with Crippen LogP contribution < -0.4 is 0 Å². The second kappa shape index (κ2) is 24.3. The predicted molar refractivity (Wildman–Crippen MR) is 370 cm³/mol. The summed E-state index contributed by atoms with van der Waals surface area (Å²) in [5.41, 5.74) is 7.14. The molecule has 0 radical (unpaired) electrons. The molecule has 0 fully saturated rings. The van der Waals surface area contributed by atoms with Crippen LogP contribution in [0.4, 0.5) is 53.0 Å². The fourth-order valence-electron chi connectivity index (χ4n) is 13.1. The molecule has 99 heavy (non-hydrogen) atoms. The molecule has 2 aromatic heterocycles. The first-order valence-corrected chi connectivity index (χ1v) is 29.4. The Bertz CT molecular complexity index is 6040. The van der Waals surface area contributed by atoms with Crippen molar-refractivity contribution in [2.24, 2.45) is 0 Å². The van der Waals surface area contributed by atoms with Gasteiger partial charge in [0.2, 0.25) is 0 Å². The van der Waals surface area contributed by atoms with Gasteiger partial charge in [0.15, 0.2) is 39.8 Å². The van der Waals surface area contributed by atoms with Gasteiger partial charge in [-0.2, -0.15) is 44.7 Å². The molecule has 0 amide bonds. The number of benzene rings is 11. The second-order valence-electron chi connectivity index (χ2n) is 22.7. The number of aromatic nitrogens is 2. The molecule has 15 nitrogen and oxygen atoms in total. The molecule has 0 bridgehead atoms. The van der Waals surface area contributed by atoms with Gasteiger partial charge in [0.25, 0.3) is 0 Å². The Balaban J connectivity index is 1.13. The fourth-order valence-corrected chi connectivity index (χ4v) is 13.1. The minimum Gasteiger partial charge on any atom is -0.309 e. The highest BCUT2D eigenvalue weighted by Gasteiger charge is 2.32. The molecule has 2 heterocycles. The van der Waals surface area contributed by atoms with E-state index in [9.17, 15) is 44.7 Å². The van der Waals surface area contributed by atoms with Gasteiger partial charge in [-0.05, 0) is 190 Å². The molecule has 0 saturated carbocycles. The molecule has 0 atom stereocenters. The monoisotopic (exact) mass is 1270 g/mol. The topological polar surface area (TPSA) is 183 Å². The van der Waals surface area contributed by atoms with Crippen molar-refractivity contribution in [3.63, 3.8) is 0 Å². The Morgan fingerprint density at radius 3 is 1.16 bits per heavy atom. The van der Waals surface area contributed by atoms with Crippen molar-refractivity contribution in [2.75, 3.05) is 0 Å². The summed E-state index contributed by atoms with van der Waals surface area (Å²) in [4.78, 5) is 26.2. The van der Waals surface area contributed by atoms with E-state index >= 15 is 0 Å². The molecule has 0 saturated heterocycles. The molecule has 11 aromatic carbocycles. The molecule has 0 aliphatic rings. The summed E-state index contributed by atoms with van der Waals surface area (Å²) < 4.78 is 48.2. The summed E-state index contributed by atoms with van der Waals surface area (Å²) in [6, 6.07) is 58.8. The van der Waals surface area contributed by atoms with Gasteiger partial charge < -0.3 is 9.13 Å². The van der Waals surface area contributed by atoms with Gasteiger partial charge in [0, 0.05) is 66.2 Å². The van der Waals surface area contributed by atoms with Crippen LogP contribution in [0.15, 0.2) is 176 Å². The zero-order chi connectivity index (χ0) is 69.7. The van der Waals surface area contributed by atoms with Crippen molar-refractivity contribution >= 4 is 83.4 Å². The lowest BCUT2D eigenvalue weighted by molar-refractivity contribution is -0.137. The molecular formula is C81H32F3N15. The number of aryl methyl sites for hydroxylation is 1. The van der Waals surface area contributed by atoms with Gasteiger partial charge in [-0.15, -0.1) is 0 Å². The van der Waals surface area contributed by atoms with Crippen molar-refractivity contribution < 1.29 is 13.2 Å². The van der Waals surface area contributed by atoms with Gasteiger partial charge in [0.1, 0.15) is 0 Å². The Morgan fingerprint density at radius 2 is 0.737 bits per heavy atom.